The number of carboxylic acids is 1. The van der Waals surface area contributed by atoms with Crippen LogP contribution in [0.2, 0.25) is 0 Å². The number of benzene rings is 2. The molecule has 160 valence electrons. The normalized spacial score (nSPS) is 11.5. The molecular formula is C23H22N2O6. The van der Waals surface area contributed by atoms with Crippen molar-refractivity contribution in [2.75, 3.05) is 32.9 Å². The molecule has 0 bridgehead atoms. The number of carbonyl (C=O) groups excluding carboxylic acids is 2. The Morgan fingerprint density at radius 3 is 2.26 bits per heavy atom. The lowest BCUT2D eigenvalue weighted by molar-refractivity contribution is -0.130. The van der Waals surface area contributed by atoms with Crippen molar-refractivity contribution in [1.29, 1.82) is 0 Å². The largest absolute Gasteiger partial charge is 0.472 e. The van der Waals surface area contributed by atoms with Crippen molar-refractivity contribution in [3.8, 4) is 23.0 Å². The van der Waals surface area contributed by atoms with Gasteiger partial charge in [0.25, 0.3) is 0 Å². The summed E-state index contributed by atoms with van der Waals surface area (Å²) in [6, 6.07) is 16.2. The molecule has 8 heteroatoms. The maximum atomic E-state index is 12.0. The summed E-state index contributed by atoms with van der Waals surface area (Å²) in [5, 5.41) is 13.3. The number of alkyl carbamates (subject to hydrolysis) is 1. The minimum atomic E-state index is -1.26. The van der Waals surface area contributed by atoms with Gasteiger partial charge in [-0.1, -0.05) is 54.5 Å². The predicted octanol–water partition coefficient (Wildman–Crippen LogP) is 1.75. The van der Waals surface area contributed by atoms with Crippen LogP contribution in [0.5, 0.6) is 0 Å². The highest BCUT2D eigenvalue weighted by Crippen LogP contribution is 2.44. The Balaban J connectivity index is 1.36. The van der Waals surface area contributed by atoms with Gasteiger partial charge in [-0.15, -0.1) is 0 Å². The molecule has 0 heterocycles. The van der Waals surface area contributed by atoms with E-state index in [2.05, 4.69) is 28.7 Å². The van der Waals surface area contributed by atoms with E-state index in [1.54, 1.807) is 0 Å². The molecule has 0 aromatic heterocycles. The molecule has 0 radical (unpaired) electrons. The van der Waals surface area contributed by atoms with Crippen LogP contribution < -0.4 is 10.6 Å². The highest BCUT2D eigenvalue weighted by molar-refractivity contribution is 5.86. The lowest BCUT2D eigenvalue weighted by Gasteiger charge is -2.14. The summed E-state index contributed by atoms with van der Waals surface area (Å²) in [5.74, 6) is 2.45. The third-order valence-corrected chi connectivity index (χ3v) is 4.66. The molecule has 0 saturated heterocycles. The summed E-state index contributed by atoms with van der Waals surface area (Å²) in [6.07, 6.45) is -0.557. The fourth-order valence-corrected chi connectivity index (χ4v) is 3.35. The van der Waals surface area contributed by atoms with Crippen molar-refractivity contribution in [2.24, 2.45) is 0 Å². The number of rotatable bonds is 8. The second-order valence-corrected chi connectivity index (χ2v) is 6.69. The highest BCUT2D eigenvalue weighted by atomic mass is 16.5. The molecule has 3 rings (SSSR count). The number of nitrogens with one attached hydrogen (secondary N) is 2. The van der Waals surface area contributed by atoms with Crippen LogP contribution in [0.25, 0.3) is 11.1 Å². The van der Waals surface area contributed by atoms with Gasteiger partial charge in [0.1, 0.15) is 13.2 Å². The zero-order chi connectivity index (χ0) is 22.1. The average Bonchev–Trinajstić information content (AvgIpc) is 3.09. The molecule has 2 aromatic carbocycles. The van der Waals surface area contributed by atoms with Crippen molar-refractivity contribution in [2.45, 2.75) is 5.92 Å². The lowest BCUT2D eigenvalue weighted by atomic mass is 9.98. The van der Waals surface area contributed by atoms with Gasteiger partial charge in [0, 0.05) is 18.4 Å². The van der Waals surface area contributed by atoms with Crippen LogP contribution in [0.15, 0.2) is 48.5 Å². The summed E-state index contributed by atoms with van der Waals surface area (Å²) < 4.78 is 10.6. The number of amides is 2. The third kappa shape index (κ3) is 6.07. The molecule has 0 fully saturated rings. The Kier molecular flexibility index (Phi) is 7.62. The standard InChI is InChI=1S/C23H22N2O6/c26-21(24-11-5-10-22(27)28)15-30-13-12-25-23(29)31-14-20-18-8-3-1-6-16(18)17-7-2-4-9-19(17)20/h1-4,6-9,20H,11-15H2,(H,24,26)(H,25,29)(H,27,28). The number of aliphatic carboxylic acids is 1. The molecule has 0 saturated carbocycles. The Bertz CT molecular complexity index is 978. The van der Waals surface area contributed by atoms with E-state index in [4.69, 9.17) is 14.6 Å². The third-order valence-electron chi connectivity index (χ3n) is 4.66. The van der Waals surface area contributed by atoms with E-state index in [1.165, 1.54) is 0 Å². The number of ether oxygens (including phenoxy) is 2. The van der Waals surface area contributed by atoms with E-state index in [-0.39, 0.29) is 38.8 Å². The molecule has 2 amide bonds. The van der Waals surface area contributed by atoms with Crippen LogP contribution in [0, 0.1) is 11.8 Å². The minimum Gasteiger partial charge on any atom is -0.472 e. The van der Waals surface area contributed by atoms with Crippen LogP contribution >= 0.6 is 0 Å². The molecule has 1 aliphatic rings. The number of hydrogen-bond donors (Lipinski definition) is 3. The van der Waals surface area contributed by atoms with Crippen LogP contribution in [-0.2, 0) is 19.1 Å². The molecule has 0 unspecified atom stereocenters. The maximum Gasteiger partial charge on any atom is 0.407 e. The number of fused-ring (bicyclic) bond motifs is 3. The first-order valence-electron chi connectivity index (χ1n) is 9.71. The van der Waals surface area contributed by atoms with E-state index < -0.39 is 18.0 Å². The molecule has 3 N–H and O–H groups in total. The summed E-state index contributed by atoms with van der Waals surface area (Å²) >= 11 is 0. The van der Waals surface area contributed by atoms with E-state index >= 15 is 0 Å². The number of carbonyl (C=O) groups is 3. The number of carboxylic acid groups (broad SMARTS) is 1. The van der Waals surface area contributed by atoms with Gasteiger partial charge >= 0.3 is 12.1 Å². The SMILES string of the molecule is O=C(O)C#CCNC(=O)COCCNC(=O)OCC1c2ccccc2-c2ccccc21. The summed E-state index contributed by atoms with van der Waals surface area (Å²) in [6.45, 7) is 0.231. The molecule has 0 spiro atoms. The van der Waals surface area contributed by atoms with Crippen molar-refractivity contribution in [3.05, 3.63) is 59.7 Å². The van der Waals surface area contributed by atoms with Gasteiger partial charge in [-0.2, -0.15) is 0 Å². The van der Waals surface area contributed by atoms with Crippen molar-refractivity contribution < 1.29 is 29.0 Å². The second kappa shape index (κ2) is 10.8. The van der Waals surface area contributed by atoms with E-state index in [0.29, 0.717) is 0 Å². The molecule has 31 heavy (non-hydrogen) atoms. The first kappa shape index (κ1) is 21.9. The molecule has 2 aromatic rings. The molecule has 1 aliphatic carbocycles. The van der Waals surface area contributed by atoms with Gasteiger partial charge in [0.2, 0.25) is 5.91 Å². The summed E-state index contributed by atoms with van der Waals surface area (Å²) in [4.78, 5) is 33.7. The molecule has 8 nitrogen and oxygen atoms in total. The van der Waals surface area contributed by atoms with Crippen LogP contribution in [-0.4, -0.2) is 56.0 Å². The fourth-order valence-electron chi connectivity index (χ4n) is 3.35. The monoisotopic (exact) mass is 422 g/mol. The van der Waals surface area contributed by atoms with Crippen LogP contribution in [0.1, 0.15) is 17.0 Å². The quantitative estimate of drug-likeness (QED) is 0.441. The Hall–Kier alpha value is -3.83. The average molecular weight is 422 g/mol. The van der Waals surface area contributed by atoms with Crippen LogP contribution in [0.3, 0.4) is 0 Å². The summed E-state index contributed by atoms with van der Waals surface area (Å²) in [7, 11) is 0. The van der Waals surface area contributed by atoms with Gasteiger partial charge < -0.3 is 25.2 Å². The predicted molar refractivity (Wildman–Crippen MR) is 112 cm³/mol. The minimum absolute atomic E-state index is 0.0117. The maximum absolute atomic E-state index is 12.0. The molecule has 0 aliphatic heterocycles. The van der Waals surface area contributed by atoms with Gasteiger partial charge in [0.15, 0.2) is 0 Å². The van der Waals surface area contributed by atoms with Crippen molar-refractivity contribution >= 4 is 18.0 Å². The van der Waals surface area contributed by atoms with E-state index in [1.807, 2.05) is 42.3 Å². The lowest BCUT2D eigenvalue weighted by Crippen LogP contribution is -2.32. The fraction of sp³-hybridized carbons (Fsp3) is 0.261. The van der Waals surface area contributed by atoms with Crippen molar-refractivity contribution in [1.82, 2.24) is 10.6 Å². The second-order valence-electron chi connectivity index (χ2n) is 6.69. The zero-order valence-electron chi connectivity index (χ0n) is 16.7. The van der Waals surface area contributed by atoms with Crippen LogP contribution in [0.4, 0.5) is 4.79 Å². The molecular weight excluding hydrogens is 400 g/mol. The Morgan fingerprint density at radius 1 is 0.968 bits per heavy atom. The Morgan fingerprint density at radius 2 is 1.61 bits per heavy atom. The van der Waals surface area contributed by atoms with Crippen molar-refractivity contribution in [3.63, 3.8) is 0 Å². The highest BCUT2D eigenvalue weighted by Gasteiger charge is 2.28. The number of hydrogen-bond acceptors (Lipinski definition) is 5. The smallest absolute Gasteiger partial charge is 0.407 e. The van der Waals surface area contributed by atoms with Gasteiger partial charge in [-0.3, -0.25) is 4.79 Å². The zero-order valence-corrected chi connectivity index (χ0v) is 16.7. The van der Waals surface area contributed by atoms with E-state index in [0.717, 1.165) is 22.3 Å². The van der Waals surface area contributed by atoms with Gasteiger partial charge in [0.05, 0.1) is 13.2 Å². The molecule has 0 atom stereocenters. The van der Waals surface area contributed by atoms with Gasteiger partial charge in [-0.25, -0.2) is 9.59 Å². The summed E-state index contributed by atoms with van der Waals surface area (Å²) in [5.41, 5.74) is 4.60. The first-order chi connectivity index (χ1) is 15.1. The van der Waals surface area contributed by atoms with E-state index in [9.17, 15) is 14.4 Å². The Labute approximate surface area is 179 Å². The topological polar surface area (TPSA) is 114 Å². The first-order valence-corrected chi connectivity index (χ1v) is 9.71. The van der Waals surface area contributed by atoms with Gasteiger partial charge in [-0.05, 0) is 22.3 Å².